The summed E-state index contributed by atoms with van der Waals surface area (Å²) in [6, 6.07) is 7.73. The zero-order valence-electron chi connectivity index (χ0n) is 10.7. The first-order valence-corrected chi connectivity index (χ1v) is 6.71. The molecule has 0 bridgehead atoms. The molecule has 1 aliphatic rings. The molecule has 1 aromatic rings. The maximum absolute atomic E-state index is 13.6. The van der Waals surface area contributed by atoms with E-state index in [0.717, 1.165) is 11.5 Å². The van der Waals surface area contributed by atoms with Crippen molar-refractivity contribution in [3.63, 3.8) is 0 Å². The van der Waals surface area contributed by atoms with Crippen LogP contribution in [0.15, 0.2) is 24.3 Å². The molecule has 3 atom stereocenters. The Morgan fingerprint density at radius 1 is 1.35 bits per heavy atom. The molecule has 0 aromatic heterocycles. The molecule has 17 heavy (non-hydrogen) atoms. The third-order valence-corrected chi connectivity index (χ3v) is 3.98. The predicted octanol–water partition coefficient (Wildman–Crippen LogP) is 4.06. The van der Waals surface area contributed by atoms with Crippen molar-refractivity contribution in [1.82, 2.24) is 5.32 Å². The first-order chi connectivity index (χ1) is 8.20. The van der Waals surface area contributed by atoms with Crippen molar-refractivity contribution in [2.45, 2.75) is 51.6 Å². The van der Waals surface area contributed by atoms with Gasteiger partial charge in [-0.25, -0.2) is 4.39 Å². The minimum absolute atomic E-state index is 0.0995. The van der Waals surface area contributed by atoms with Gasteiger partial charge in [-0.2, -0.15) is 0 Å². The van der Waals surface area contributed by atoms with E-state index in [0.29, 0.717) is 6.04 Å². The summed E-state index contributed by atoms with van der Waals surface area (Å²) >= 11 is 0. The Labute approximate surface area is 103 Å². The Morgan fingerprint density at radius 3 is 2.76 bits per heavy atom. The molecule has 0 amide bonds. The summed E-state index contributed by atoms with van der Waals surface area (Å²) < 4.78 is 13.6. The standard InChI is InChI=1S/C15H22FN/c1-3-12-8-9-13(10-12)17-11(2)14-6-4-5-7-15(14)16/h4-7,11-13,17H,3,8-10H2,1-2H3/t11-,12?,13?/m1/s1. The molecule has 2 rings (SSSR count). The van der Waals surface area contributed by atoms with Crippen molar-refractivity contribution >= 4 is 0 Å². The summed E-state index contributed by atoms with van der Waals surface area (Å²) in [6.45, 7) is 4.31. The van der Waals surface area contributed by atoms with Crippen molar-refractivity contribution in [2.24, 2.45) is 5.92 Å². The fraction of sp³-hybridized carbons (Fsp3) is 0.600. The molecule has 1 saturated carbocycles. The molecule has 94 valence electrons. The van der Waals surface area contributed by atoms with Crippen LogP contribution in [0, 0.1) is 11.7 Å². The smallest absolute Gasteiger partial charge is 0.127 e. The summed E-state index contributed by atoms with van der Waals surface area (Å²) in [5.74, 6) is 0.762. The summed E-state index contributed by atoms with van der Waals surface area (Å²) in [5.41, 5.74) is 0.785. The Bertz CT molecular complexity index is 364. The summed E-state index contributed by atoms with van der Waals surface area (Å²) in [5, 5.41) is 3.56. The van der Waals surface area contributed by atoms with Crippen molar-refractivity contribution in [1.29, 1.82) is 0 Å². The van der Waals surface area contributed by atoms with E-state index >= 15 is 0 Å². The Morgan fingerprint density at radius 2 is 2.12 bits per heavy atom. The van der Waals surface area contributed by atoms with Crippen LogP contribution in [0.2, 0.25) is 0 Å². The van der Waals surface area contributed by atoms with Crippen LogP contribution in [0.5, 0.6) is 0 Å². The van der Waals surface area contributed by atoms with Crippen molar-refractivity contribution in [3.8, 4) is 0 Å². The highest BCUT2D eigenvalue weighted by molar-refractivity contribution is 5.20. The number of nitrogens with one attached hydrogen (secondary N) is 1. The Kier molecular flexibility index (Phi) is 4.16. The van der Waals surface area contributed by atoms with E-state index in [1.165, 1.54) is 31.7 Å². The molecular formula is C15H22FN. The van der Waals surface area contributed by atoms with Gasteiger partial charge >= 0.3 is 0 Å². The van der Waals surface area contributed by atoms with E-state index in [9.17, 15) is 4.39 Å². The largest absolute Gasteiger partial charge is 0.307 e. The average Bonchev–Trinajstić information content (AvgIpc) is 2.77. The zero-order chi connectivity index (χ0) is 12.3. The number of hydrogen-bond acceptors (Lipinski definition) is 1. The van der Waals surface area contributed by atoms with Gasteiger partial charge in [-0.15, -0.1) is 0 Å². The molecule has 2 unspecified atom stereocenters. The molecular weight excluding hydrogens is 213 g/mol. The van der Waals surface area contributed by atoms with Crippen LogP contribution in [0.1, 0.15) is 51.1 Å². The molecule has 0 radical (unpaired) electrons. The molecule has 1 fully saturated rings. The lowest BCUT2D eigenvalue weighted by Crippen LogP contribution is -2.29. The lowest BCUT2D eigenvalue weighted by Gasteiger charge is -2.20. The van der Waals surface area contributed by atoms with E-state index in [1.54, 1.807) is 6.07 Å². The molecule has 0 spiro atoms. The minimum atomic E-state index is -0.0995. The van der Waals surface area contributed by atoms with Crippen LogP contribution < -0.4 is 5.32 Å². The maximum Gasteiger partial charge on any atom is 0.127 e. The second-order valence-electron chi connectivity index (χ2n) is 5.19. The molecule has 0 saturated heterocycles. The average molecular weight is 235 g/mol. The summed E-state index contributed by atoms with van der Waals surface area (Å²) in [7, 11) is 0. The van der Waals surface area contributed by atoms with Gasteiger partial charge in [0.05, 0.1) is 0 Å². The fourth-order valence-electron chi connectivity index (χ4n) is 2.87. The first-order valence-electron chi connectivity index (χ1n) is 6.71. The van der Waals surface area contributed by atoms with E-state index in [-0.39, 0.29) is 11.9 Å². The van der Waals surface area contributed by atoms with Gasteiger partial charge in [0, 0.05) is 17.6 Å². The molecule has 1 nitrogen and oxygen atoms in total. The fourth-order valence-corrected chi connectivity index (χ4v) is 2.87. The van der Waals surface area contributed by atoms with E-state index < -0.39 is 0 Å². The van der Waals surface area contributed by atoms with Crippen LogP contribution in [-0.2, 0) is 0 Å². The highest BCUT2D eigenvalue weighted by Crippen LogP contribution is 2.29. The first kappa shape index (κ1) is 12.6. The van der Waals surface area contributed by atoms with E-state index in [1.807, 2.05) is 12.1 Å². The van der Waals surface area contributed by atoms with Gasteiger partial charge in [0.25, 0.3) is 0 Å². The predicted molar refractivity (Wildman–Crippen MR) is 69.4 cm³/mol. The second-order valence-corrected chi connectivity index (χ2v) is 5.19. The van der Waals surface area contributed by atoms with Gasteiger partial charge in [0.15, 0.2) is 0 Å². The Balaban J connectivity index is 1.94. The molecule has 0 heterocycles. The lowest BCUT2D eigenvalue weighted by molar-refractivity contribution is 0.428. The molecule has 2 heteroatoms. The summed E-state index contributed by atoms with van der Waals surface area (Å²) in [4.78, 5) is 0. The zero-order valence-corrected chi connectivity index (χ0v) is 10.7. The van der Waals surface area contributed by atoms with Crippen LogP contribution in [0.25, 0.3) is 0 Å². The molecule has 1 aliphatic carbocycles. The van der Waals surface area contributed by atoms with Gasteiger partial charge in [-0.1, -0.05) is 31.5 Å². The van der Waals surface area contributed by atoms with Gasteiger partial charge in [-0.3, -0.25) is 0 Å². The van der Waals surface area contributed by atoms with Gasteiger partial charge in [-0.05, 0) is 38.2 Å². The number of benzene rings is 1. The van der Waals surface area contributed by atoms with Crippen molar-refractivity contribution in [2.75, 3.05) is 0 Å². The second kappa shape index (κ2) is 5.63. The van der Waals surface area contributed by atoms with E-state index in [2.05, 4.69) is 19.2 Å². The Hall–Kier alpha value is -0.890. The maximum atomic E-state index is 13.6. The molecule has 1 aromatic carbocycles. The normalized spacial score (nSPS) is 26.1. The lowest BCUT2D eigenvalue weighted by atomic mass is 10.0. The van der Waals surface area contributed by atoms with Gasteiger partial charge in [0.2, 0.25) is 0 Å². The van der Waals surface area contributed by atoms with Crippen LogP contribution in [-0.4, -0.2) is 6.04 Å². The van der Waals surface area contributed by atoms with E-state index in [4.69, 9.17) is 0 Å². The SMILES string of the molecule is CCC1CCC(N[C@H](C)c2ccccc2F)C1. The highest BCUT2D eigenvalue weighted by Gasteiger charge is 2.24. The summed E-state index contributed by atoms with van der Waals surface area (Å²) in [6.07, 6.45) is 5.07. The molecule has 1 N–H and O–H groups in total. The third kappa shape index (κ3) is 3.06. The quantitative estimate of drug-likeness (QED) is 0.830. The van der Waals surface area contributed by atoms with Crippen LogP contribution in [0.4, 0.5) is 4.39 Å². The van der Waals surface area contributed by atoms with Crippen molar-refractivity contribution < 1.29 is 4.39 Å². The topological polar surface area (TPSA) is 12.0 Å². The number of halogens is 1. The van der Waals surface area contributed by atoms with Crippen LogP contribution in [0.3, 0.4) is 0 Å². The monoisotopic (exact) mass is 235 g/mol. The number of rotatable bonds is 4. The number of hydrogen-bond donors (Lipinski definition) is 1. The molecule has 0 aliphatic heterocycles. The third-order valence-electron chi connectivity index (χ3n) is 3.98. The van der Waals surface area contributed by atoms with Crippen molar-refractivity contribution in [3.05, 3.63) is 35.6 Å². The highest BCUT2D eigenvalue weighted by atomic mass is 19.1. The van der Waals surface area contributed by atoms with Gasteiger partial charge < -0.3 is 5.32 Å². The minimum Gasteiger partial charge on any atom is -0.307 e. The van der Waals surface area contributed by atoms with Crippen LogP contribution >= 0.6 is 0 Å². The van der Waals surface area contributed by atoms with Gasteiger partial charge in [0.1, 0.15) is 5.82 Å².